The minimum absolute atomic E-state index is 0.0623. The summed E-state index contributed by atoms with van der Waals surface area (Å²) >= 11 is 0. The molecule has 0 heterocycles. The van der Waals surface area contributed by atoms with Crippen molar-refractivity contribution >= 4 is 34.6 Å². The first-order chi connectivity index (χ1) is 13.6. The van der Waals surface area contributed by atoms with Gasteiger partial charge in [0.2, 0.25) is 0 Å². The number of fused-ring (bicyclic) bond motifs is 1. The van der Waals surface area contributed by atoms with Crippen LogP contribution in [0, 0.1) is 0 Å². The van der Waals surface area contributed by atoms with Gasteiger partial charge in [-0.3, -0.25) is 4.79 Å². The third kappa shape index (κ3) is 5.31. The van der Waals surface area contributed by atoms with Crippen LogP contribution in [0.3, 0.4) is 0 Å². The van der Waals surface area contributed by atoms with Crippen molar-refractivity contribution in [1.82, 2.24) is 5.43 Å². The van der Waals surface area contributed by atoms with Gasteiger partial charge in [0.25, 0.3) is 5.91 Å². The second-order valence-electron chi connectivity index (χ2n) is 5.93. The van der Waals surface area contributed by atoms with Crippen LogP contribution in [-0.4, -0.2) is 36.3 Å². The summed E-state index contributed by atoms with van der Waals surface area (Å²) in [6.45, 7) is -0.389. The van der Waals surface area contributed by atoms with Crippen molar-refractivity contribution in [1.29, 1.82) is 0 Å². The van der Waals surface area contributed by atoms with E-state index >= 15 is 0 Å². The number of aliphatic carboxylic acids is 1. The van der Waals surface area contributed by atoms with E-state index in [1.807, 2.05) is 42.5 Å². The molecule has 0 radical (unpaired) electrons. The molecule has 28 heavy (non-hydrogen) atoms. The molecule has 0 unspecified atom stereocenters. The second kappa shape index (κ2) is 9.18. The fourth-order valence-corrected chi connectivity index (χ4v) is 2.55. The molecule has 7 nitrogen and oxygen atoms in total. The topological polar surface area (TPSA) is 100 Å². The quantitative estimate of drug-likeness (QED) is 0.414. The molecule has 3 aromatic rings. The van der Waals surface area contributed by atoms with Crippen molar-refractivity contribution in [3.63, 3.8) is 0 Å². The summed E-state index contributed by atoms with van der Waals surface area (Å²) in [7, 11) is 0. The molecule has 0 aliphatic carbocycles. The molecule has 0 spiro atoms. The lowest BCUT2D eigenvalue weighted by Crippen LogP contribution is -2.25. The van der Waals surface area contributed by atoms with Crippen LogP contribution in [0.25, 0.3) is 10.8 Å². The SMILES string of the molecule is O=C(O)COc1ccccc1/C=N/NC(=O)CNc1ccc2ccccc2c1. The normalized spacial score (nSPS) is 10.7. The van der Waals surface area contributed by atoms with Gasteiger partial charge >= 0.3 is 5.97 Å². The van der Waals surface area contributed by atoms with Crippen LogP contribution in [0.2, 0.25) is 0 Å². The van der Waals surface area contributed by atoms with Crippen LogP contribution in [0.15, 0.2) is 71.8 Å². The average molecular weight is 377 g/mol. The van der Waals surface area contributed by atoms with E-state index in [9.17, 15) is 9.59 Å². The van der Waals surface area contributed by atoms with Crippen molar-refractivity contribution in [2.24, 2.45) is 5.10 Å². The van der Waals surface area contributed by atoms with Crippen molar-refractivity contribution in [3.8, 4) is 5.75 Å². The number of hydrogen-bond donors (Lipinski definition) is 3. The second-order valence-corrected chi connectivity index (χ2v) is 5.93. The number of amides is 1. The predicted molar refractivity (Wildman–Crippen MR) is 108 cm³/mol. The third-order valence-corrected chi connectivity index (χ3v) is 3.87. The van der Waals surface area contributed by atoms with E-state index in [4.69, 9.17) is 9.84 Å². The lowest BCUT2D eigenvalue weighted by molar-refractivity contribution is -0.139. The van der Waals surface area contributed by atoms with Crippen molar-refractivity contribution in [2.45, 2.75) is 0 Å². The van der Waals surface area contributed by atoms with Gasteiger partial charge in [-0.15, -0.1) is 0 Å². The first-order valence-corrected chi connectivity index (χ1v) is 8.60. The highest BCUT2D eigenvalue weighted by molar-refractivity contribution is 5.88. The van der Waals surface area contributed by atoms with Gasteiger partial charge in [-0.25, -0.2) is 10.2 Å². The number of hydrogen-bond acceptors (Lipinski definition) is 5. The lowest BCUT2D eigenvalue weighted by Gasteiger charge is -2.07. The highest BCUT2D eigenvalue weighted by atomic mass is 16.5. The molecule has 0 saturated carbocycles. The highest BCUT2D eigenvalue weighted by Gasteiger charge is 2.04. The molecular weight excluding hydrogens is 358 g/mol. The molecule has 3 N–H and O–H groups in total. The molecular formula is C21H19N3O4. The minimum atomic E-state index is -1.07. The van der Waals surface area contributed by atoms with Crippen molar-refractivity contribution in [2.75, 3.05) is 18.5 Å². The summed E-state index contributed by atoms with van der Waals surface area (Å²) < 4.78 is 5.18. The predicted octanol–water partition coefficient (Wildman–Crippen LogP) is 2.87. The smallest absolute Gasteiger partial charge is 0.341 e. The van der Waals surface area contributed by atoms with E-state index < -0.39 is 12.6 Å². The number of rotatable bonds is 8. The van der Waals surface area contributed by atoms with Crippen molar-refractivity contribution < 1.29 is 19.4 Å². The molecule has 1 amide bonds. The number of benzene rings is 3. The van der Waals surface area contributed by atoms with Crippen LogP contribution < -0.4 is 15.5 Å². The Bertz CT molecular complexity index is 1020. The Balaban J connectivity index is 1.53. The number of ether oxygens (including phenoxy) is 1. The zero-order valence-corrected chi connectivity index (χ0v) is 15.0. The Morgan fingerprint density at radius 3 is 2.57 bits per heavy atom. The highest BCUT2D eigenvalue weighted by Crippen LogP contribution is 2.18. The number of hydrazone groups is 1. The molecule has 0 atom stereocenters. The van der Waals surface area contributed by atoms with Gasteiger partial charge in [0.05, 0.1) is 12.8 Å². The van der Waals surface area contributed by atoms with E-state index in [0.717, 1.165) is 16.5 Å². The Morgan fingerprint density at radius 2 is 1.75 bits per heavy atom. The number of carboxylic acids is 1. The average Bonchev–Trinajstić information content (AvgIpc) is 2.71. The van der Waals surface area contributed by atoms with Crippen LogP contribution in [0.1, 0.15) is 5.56 Å². The van der Waals surface area contributed by atoms with Crippen LogP contribution >= 0.6 is 0 Å². The van der Waals surface area contributed by atoms with Gasteiger partial charge in [0, 0.05) is 11.3 Å². The monoisotopic (exact) mass is 377 g/mol. The standard InChI is InChI=1S/C21H19N3O4/c25-20(13-22-18-10-9-15-5-1-2-6-16(15)11-18)24-23-12-17-7-3-4-8-19(17)28-14-21(26)27/h1-12,22H,13-14H2,(H,24,25)(H,26,27)/b23-12+. The molecule has 0 aromatic heterocycles. The number of carbonyl (C=O) groups excluding carboxylic acids is 1. The summed E-state index contributed by atoms with van der Waals surface area (Å²) in [6.07, 6.45) is 1.41. The fraction of sp³-hybridized carbons (Fsp3) is 0.0952. The summed E-state index contributed by atoms with van der Waals surface area (Å²) in [5, 5.41) is 17.9. The fourth-order valence-electron chi connectivity index (χ4n) is 2.55. The van der Waals surface area contributed by atoms with E-state index in [1.165, 1.54) is 6.21 Å². The Labute approximate surface area is 161 Å². The molecule has 0 aliphatic heterocycles. The van der Waals surface area contributed by atoms with Crippen LogP contribution in [0.4, 0.5) is 5.69 Å². The van der Waals surface area contributed by atoms with E-state index in [1.54, 1.807) is 24.3 Å². The van der Waals surface area contributed by atoms with Crippen LogP contribution in [-0.2, 0) is 9.59 Å². The molecule has 0 fully saturated rings. The van der Waals surface area contributed by atoms with E-state index in [0.29, 0.717) is 11.3 Å². The summed E-state index contributed by atoms with van der Waals surface area (Å²) in [5.41, 5.74) is 3.83. The van der Waals surface area contributed by atoms with E-state index in [2.05, 4.69) is 15.8 Å². The maximum atomic E-state index is 12.0. The third-order valence-electron chi connectivity index (χ3n) is 3.87. The van der Waals surface area contributed by atoms with Gasteiger partial charge in [-0.05, 0) is 35.0 Å². The Morgan fingerprint density at radius 1 is 1.00 bits per heavy atom. The molecule has 0 aliphatic rings. The van der Waals surface area contributed by atoms with Gasteiger partial charge in [0.1, 0.15) is 5.75 Å². The number of nitrogens with one attached hydrogen (secondary N) is 2. The Kier molecular flexibility index (Phi) is 6.20. The first kappa shape index (κ1) is 18.9. The molecule has 3 aromatic carbocycles. The number of nitrogens with zero attached hydrogens (tertiary/aromatic N) is 1. The minimum Gasteiger partial charge on any atom is -0.481 e. The summed E-state index contributed by atoms with van der Waals surface area (Å²) in [5.74, 6) is -1.01. The van der Waals surface area contributed by atoms with Crippen molar-refractivity contribution in [3.05, 3.63) is 72.3 Å². The summed E-state index contributed by atoms with van der Waals surface area (Å²) in [4.78, 5) is 22.6. The van der Waals surface area contributed by atoms with Crippen LogP contribution in [0.5, 0.6) is 5.75 Å². The van der Waals surface area contributed by atoms with E-state index in [-0.39, 0.29) is 12.5 Å². The number of anilines is 1. The number of carbonyl (C=O) groups is 2. The molecule has 7 heteroatoms. The largest absolute Gasteiger partial charge is 0.481 e. The number of para-hydroxylation sites is 1. The molecule has 0 saturated heterocycles. The number of carboxylic acid groups (broad SMARTS) is 1. The maximum Gasteiger partial charge on any atom is 0.341 e. The lowest BCUT2D eigenvalue weighted by atomic mass is 10.1. The van der Waals surface area contributed by atoms with Gasteiger partial charge < -0.3 is 15.2 Å². The molecule has 3 rings (SSSR count). The zero-order chi connectivity index (χ0) is 19.8. The van der Waals surface area contributed by atoms with Gasteiger partial charge in [0.15, 0.2) is 6.61 Å². The summed E-state index contributed by atoms with van der Waals surface area (Å²) in [6, 6.07) is 20.7. The first-order valence-electron chi connectivity index (χ1n) is 8.60. The zero-order valence-electron chi connectivity index (χ0n) is 15.0. The maximum absolute atomic E-state index is 12.0. The molecule has 142 valence electrons. The molecule has 0 bridgehead atoms. The Hall–Kier alpha value is -3.87. The van der Waals surface area contributed by atoms with Gasteiger partial charge in [-0.2, -0.15) is 5.10 Å². The van der Waals surface area contributed by atoms with Gasteiger partial charge in [-0.1, -0.05) is 42.5 Å².